The summed E-state index contributed by atoms with van der Waals surface area (Å²) in [4.78, 5) is 30.4. The molecule has 34 heavy (non-hydrogen) atoms. The average molecular weight is 478 g/mol. The van der Waals surface area contributed by atoms with Crippen molar-refractivity contribution in [1.29, 1.82) is 0 Å². The van der Waals surface area contributed by atoms with E-state index in [1.54, 1.807) is 19.1 Å². The van der Waals surface area contributed by atoms with Gasteiger partial charge in [-0.15, -0.1) is 0 Å². The lowest BCUT2D eigenvalue weighted by atomic mass is 9.96. The van der Waals surface area contributed by atoms with Gasteiger partial charge in [0.2, 0.25) is 0 Å². The van der Waals surface area contributed by atoms with E-state index < -0.39 is 23.5 Å². The fraction of sp³-hybridized carbons (Fsp3) is 0.115. The van der Waals surface area contributed by atoms with Crippen LogP contribution in [0.1, 0.15) is 28.9 Å². The normalized spacial score (nSPS) is 15.4. The number of hydrogen-bond acceptors (Lipinski definition) is 5. The Kier molecular flexibility index (Phi) is 7.18. The van der Waals surface area contributed by atoms with Crippen LogP contribution in [-0.2, 0) is 4.79 Å². The second-order valence-corrected chi connectivity index (χ2v) is 8.53. The third kappa shape index (κ3) is 5.40. The minimum atomic E-state index is -0.901. The zero-order chi connectivity index (χ0) is 24.1. The van der Waals surface area contributed by atoms with Crippen molar-refractivity contribution in [1.82, 2.24) is 5.32 Å². The summed E-state index contributed by atoms with van der Waals surface area (Å²) in [7, 11) is 0. The quantitative estimate of drug-likeness (QED) is 0.461. The number of halogens is 2. The van der Waals surface area contributed by atoms with Gasteiger partial charge in [-0.1, -0.05) is 60.3 Å². The number of nitrogens with one attached hydrogen (secondary N) is 2. The predicted octanol–water partition coefficient (Wildman–Crippen LogP) is 5.49. The van der Waals surface area contributed by atoms with E-state index in [4.69, 9.17) is 4.99 Å². The highest BCUT2D eigenvalue weighted by atomic mass is 32.2. The third-order valence-corrected chi connectivity index (χ3v) is 6.07. The smallest absolute Gasteiger partial charge is 0.255 e. The Hall–Kier alpha value is -3.78. The average Bonchev–Trinajstić information content (AvgIpc) is 2.83. The first-order valence-electron chi connectivity index (χ1n) is 10.5. The molecule has 1 aliphatic rings. The molecule has 8 heteroatoms. The fourth-order valence-corrected chi connectivity index (χ4v) is 4.37. The van der Waals surface area contributed by atoms with Gasteiger partial charge in [0.25, 0.3) is 5.91 Å². The van der Waals surface area contributed by atoms with Gasteiger partial charge in [0.15, 0.2) is 11.0 Å². The van der Waals surface area contributed by atoms with E-state index in [0.29, 0.717) is 28.2 Å². The zero-order valence-electron chi connectivity index (χ0n) is 18.2. The van der Waals surface area contributed by atoms with Crippen molar-refractivity contribution < 1.29 is 18.4 Å². The number of carbonyl (C=O) groups is 2. The molecule has 5 nitrogen and oxygen atoms in total. The molecule has 0 spiro atoms. The molecule has 2 N–H and O–H groups in total. The van der Waals surface area contributed by atoms with E-state index >= 15 is 0 Å². The molecule has 4 rings (SSSR count). The van der Waals surface area contributed by atoms with E-state index in [1.165, 1.54) is 0 Å². The number of Topliss-reactive ketones (excluding diaryl/α,β-unsaturated/α-hetero) is 1. The molecule has 0 aliphatic carbocycles. The Morgan fingerprint density at radius 2 is 1.68 bits per heavy atom. The van der Waals surface area contributed by atoms with Gasteiger partial charge in [-0.25, -0.2) is 13.8 Å². The van der Waals surface area contributed by atoms with Crippen LogP contribution < -0.4 is 10.6 Å². The molecular formula is C26H21F2N3O2S. The van der Waals surface area contributed by atoms with E-state index in [9.17, 15) is 18.4 Å². The Morgan fingerprint density at radius 1 is 1.00 bits per heavy atom. The van der Waals surface area contributed by atoms with Crippen LogP contribution >= 0.6 is 11.8 Å². The summed E-state index contributed by atoms with van der Waals surface area (Å²) in [5.74, 6) is -2.52. The lowest BCUT2D eigenvalue weighted by Gasteiger charge is -2.26. The first-order valence-corrected chi connectivity index (χ1v) is 11.5. The summed E-state index contributed by atoms with van der Waals surface area (Å²) in [5.41, 5.74) is 2.35. The largest absolute Gasteiger partial charge is 0.338 e. The van der Waals surface area contributed by atoms with Crippen molar-refractivity contribution in [2.45, 2.75) is 13.0 Å². The maximum absolute atomic E-state index is 14.0. The molecule has 0 fully saturated rings. The molecule has 172 valence electrons. The molecule has 1 atom stereocenters. The van der Waals surface area contributed by atoms with Gasteiger partial charge in [-0.2, -0.15) is 0 Å². The number of para-hydroxylation sites is 1. The number of hydrogen-bond donors (Lipinski definition) is 2. The highest BCUT2D eigenvalue weighted by Crippen LogP contribution is 2.33. The lowest BCUT2D eigenvalue weighted by Crippen LogP contribution is -2.32. The molecule has 3 aromatic carbocycles. The first-order chi connectivity index (χ1) is 16.4. The molecule has 0 aromatic heterocycles. The molecular weight excluding hydrogens is 456 g/mol. The van der Waals surface area contributed by atoms with Crippen molar-refractivity contribution in [3.63, 3.8) is 0 Å². The maximum Gasteiger partial charge on any atom is 0.255 e. The van der Waals surface area contributed by atoms with E-state index in [-0.39, 0.29) is 17.2 Å². The number of amides is 1. The third-order valence-electron chi connectivity index (χ3n) is 5.18. The molecule has 0 saturated heterocycles. The van der Waals surface area contributed by atoms with Crippen LogP contribution in [0.4, 0.5) is 14.5 Å². The molecule has 0 bridgehead atoms. The molecule has 1 aliphatic heterocycles. The standard InChI is InChI=1S/C26H21F2N3O2S/c1-16-23(25(33)30-19-10-6-3-7-11-19)24(17-8-4-2-5-9-17)31-26(29-16)34-15-22(32)20-13-12-18(27)14-21(20)28/h2-14,24H,15H2,1H3,(H,29,31)(H,30,33)/t24-/m0/s1. The number of amidine groups is 1. The summed E-state index contributed by atoms with van der Waals surface area (Å²) in [6.45, 7) is 1.77. The van der Waals surface area contributed by atoms with E-state index in [1.807, 2.05) is 48.5 Å². The van der Waals surface area contributed by atoms with Crippen molar-refractivity contribution in [3.8, 4) is 0 Å². The number of nitrogens with zero attached hydrogens (tertiary/aromatic N) is 1. The Labute approximate surface area is 200 Å². The van der Waals surface area contributed by atoms with Crippen LogP contribution in [0, 0.1) is 11.6 Å². The van der Waals surface area contributed by atoms with E-state index in [0.717, 1.165) is 29.5 Å². The Balaban J connectivity index is 1.56. The monoisotopic (exact) mass is 477 g/mol. The highest BCUT2D eigenvalue weighted by molar-refractivity contribution is 8.14. The molecule has 0 saturated carbocycles. The number of aliphatic imine (C=N–C) groups is 1. The van der Waals surface area contributed by atoms with Gasteiger partial charge in [0.05, 0.1) is 16.9 Å². The number of ketones is 1. The molecule has 3 aromatic rings. The molecule has 0 radical (unpaired) electrons. The summed E-state index contributed by atoms with van der Waals surface area (Å²) in [6, 6.07) is 20.8. The van der Waals surface area contributed by atoms with Gasteiger partial charge in [-0.05, 0) is 36.8 Å². The maximum atomic E-state index is 14.0. The lowest BCUT2D eigenvalue weighted by molar-refractivity contribution is -0.113. The second-order valence-electron chi connectivity index (χ2n) is 7.57. The van der Waals surface area contributed by atoms with Gasteiger partial charge in [0, 0.05) is 17.5 Å². The fourth-order valence-electron chi connectivity index (χ4n) is 3.54. The minimum Gasteiger partial charge on any atom is -0.338 e. The van der Waals surface area contributed by atoms with Crippen LogP contribution in [0.3, 0.4) is 0 Å². The molecule has 1 heterocycles. The molecule has 1 amide bonds. The van der Waals surface area contributed by atoms with Crippen molar-refractivity contribution in [2.75, 3.05) is 11.1 Å². The Bertz CT molecular complexity index is 1280. The predicted molar refractivity (Wildman–Crippen MR) is 131 cm³/mol. The van der Waals surface area contributed by atoms with Gasteiger partial charge < -0.3 is 10.6 Å². The zero-order valence-corrected chi connectivity index (χ0v) is 19.0. The number of rotatable bonds is 6. The van der Waals surface area contributed by atoms with Crippen molar-refractivity contribution in [2.24, 2.45) is 4.99 Å². The first kappa shape index (κ1) is 23.4. The van der Waals surface area contributed by atoms with Crippen LogP contribution in [0.2, 0.25) is 0 Å². The number of allylic oxidation sites excluding steroid dienone is 1. The van der Waals surface area contributed by atoms with Crippen molar-refractivity contribution in [3.05, 3.63) is 113 Å². The topological polar surface area (TPSA) is 70.6 Å². The van der Waals surface area contributed by atoms with Gasteiger partial charge >= 0.3 is 0 Å². The Morgan fingerprint density at radius 3 is 2.35 bits per heavy atom. The van der Waals surface area contributed by atoms with Gasteiger partial charge in [-0.3, -0.25) is 9.59 Å². The van der Waals surface area contributed by atoms with Crippen LogP contribution in [0.25, 0.3) is 0 Å². The summed E-state index contributed by atoms with van der Waals surface area (Å²) in [5, 5.41) is 6.42. The van der Waals surface area contributed by atoms with Crippen LogP contribution in [0.5, 0.6) is 0 Å². The summed E-state index contributed by atoms with van der Waals surface area (Å²) in [6.07, 6.45) is 0. The number of anilines is 1. The van der Waals surface area contributed by atoms with Crippen LogP contribution in [0.15, 0.2) is 95.1 Å². The van der Waals surface area contributed by atoms with Crippen molar-refractivity contribution >= 4 is 34.3 Å². The number of benzene rings is 3. The number of thioether (sulfide) groups is 1. The van der Waals surface area contributed by atoms with Crippen LogP contribution in [-0.4, -0.2) is 22.6 Å². The highest BCUT2D eigenvalue weighted by Gasteiger charge is 2.29. The minimum absolute atomic E-state index is 0.102. The van der Waals surface area contributed by atoms with E-state index in [2.05, 4.69) is 10.6 Å². The SMILES string of the molecule is CC1=C(C(=O)Nc2ccccc2)[C@H](c2ccccc2)N=C(SCC(=O)c2ccc(F)cc2F)N1. The number of carbonyl (C=O) groups excluding carboxylic acids is 2. The van der Waals surface area contributed by atoms with Gasteiger partial charge in [0.1, 0.15) is 17.7 Å². The summed E-state index contributed by atoms with van der Waals surface area (Å²) >= 11 is 1.10. The summed E-state index contributed by atoms with van der Waals surface area (Å²) < 4.78 is 27.1. The molecule has 0 unspecified atom stereocenters. The second kappa shape index (κ2) is 10.4.